The van der Waals surface area contributed by atoms with Crippen molar-refractivity contribution in [2.24, 2.45) is 5.92 Å². The molecule has 0 bridgehead atoms. The minimum absolute atomic E-state index is 0.0588. The average Bonchev–Trinajstić information content (AvgIpc) is 3.22. The van der Waals surface area contributed by atoms with E-state index in [1.165, 1.54) is 0 Å². The third kappa shape index (κ3) is 4.25. The van der Waals surface area contributed by atoms with Gasteiger partial charge in [0.05, 0.1) is 0 Å². The summed E-state index contributed by atoms with van der Waals surface area (Å²) < 4.78 is 0. The summed E-state index contributed by atoms with van der Waals surface area (Å²) in [5.41, 5.74) is 3.45. The van der Waals surface area contributed by atoms with Gasteiger partial charge in [0.15, 0.2) is 5.43 Å². The van der Waals surface area contributed by atoms with Crippen molar-refractivity contribution < 1.29 is 4.79 Å². The summed E-state index contributed by atoms with van der Waals surface area (Å²) in [6.07, 6.45) is 2.18. The van der Waals surface area contributed by atoms with Crippen molar-refractivity contribution in [2.45, 2.75) is 19.4 Å². The summed E-state index contributed by atoms with van der Waals surface area (Å²) >= 11 is 0. The molecule has 5 rings (SSSR count). The number of rotatable bonds is 5. The number of nitrogens with one attached hydrogen (secondary N) is 3. The zero-order valence-electron chi connectivity index (χ0n) is 17.4. The number of piperidine rings is 1. The zero-order chi connectivity index (χ0) is 21.2. The predicted octanol–water partition coefficient (Wildman–Crippen LogP) is 3.65. The van der Waals surface area contributed by atoms with E-state index in [1.54, 1.807) is 6.07 Å². The van der Waals surface area contributed by atoms with Gasteiger partial charge in [-0.1, -0.05) is 30.3 Å². The number of fused-ring (bicyclic) bond motifs is 2. The van der Waals surface area contributed by atoms with Crippen LogP contribution in [0, 0.1) is 5.92 Å². The van der Waals surface area contributed by atoms with Crippen LogP contribution in [0.4, 0.5) is 0 Å². The molecular weight excluding hydrogens is 388 g/mol. The lowest BCUT2D eigenvalue weighted by Crippen LogP contribution is -2.40. The van der Waals surface area contributed by atoms with Crippen molar-refractivity contribution >= 4 is 27.7 Å². The molecule has 6 heteroatoms. The molecule has 31 heavy (non-hydrogen) atoms. The maximum atomic E-state index is 12.6. The minimum atomic E-state index is -0.0628. The Morgan fingerprint density at radius 1 is 1.03 bits per heavy atom. The van der Waals surface area contributed by atoms with E-state index in [0.717, 1.165) is 53.4 Å². The summed E-state index contributed by atoms with van der Waals surface area (Å²) in [5.74, 6) is 0.335. The maximum Gasteiger partial charge on any atom is 0.267 e. The topological polar surface area (TPSA) is 81.0 Å². The number of likely N-dealkylation sites (tertiary alicyclic amines) is 1. The van der Waals surface area contributed by atoms with E-state index in [1.807, 2.05) is 54.6 Å². The SMILES string of the molecule is O=C(NCC1CCCN(Cc2cc(=O)c3ccccc3[nH]2)C1)c1cc2ccccc2[nH]1. The Morgan fingerprint density at radius 2 is 1.84 bits per heavy atom. The van der Waals surface area contributed by atoms with Gasteiger partial charge in [-0.05, 0) is 49.6 Å². The van der Waals surface area contributed by atoms with Gasteiger partial charge in [0.2, 0.25) is 0 Å². The van der Waals surface area contributed by atoms with Gasteiger partial charge in [0.1, 0.15) is 5.69 Å². The fraction of sp³-hybridized carbons (Fsp3) is 0.280. The third-order valence-electron chi connectivity index (χ3n) is 6.12. The highest BCUT2D eigenvalue weighted by molar-refractivity contribution is 5.97. The first-order chi connectivity index (χ1) is 15.2. The number of carbonyl (C=O) groups is 1. The molecular formula is C25H26N4O2. The highest BCUT2D eigenvalue weighted by atomic mass is 16.1. The summed E-state index contributed by atoms with van der Waals surface area (Å²) in [6.45, 7) is 3.27. The molecule has 3 heterocycles. The fourth-order valence-electron chi connectivity index (χ4n) is 4.57. The first-order valence-corrected chi connectivity index (χ1v) is 10.8. The molecule has 1 amide bonds. The summed E-state index contributed by atoms with van der Waals surface area (Å²) in [4.78, 5) is 33.9. The van der Waals surface area contributed by atoms with E-state index in [-0.39, 0.29) is 11.3 Å². The molecule has 3 N–H and O–H groups in total. The van der Waals surface area contributed by atoms with E-state index >= 15 is 0 Å². The first-order valence-electron chi connectivity index (χ1n) is 10.8. The molecule has 2 aromatic heterocycles. The summed E-state index contributed by atoms with van der Waals surface area (Å²) in [5, 5.41) is 4.86. The van der Waals surface area contributed by atoms with E-state index in [9.17, 15) is 9.59 Å². The zero-order valence-corrected chi connectivity index (χ0v) is 17.4. The van der Waals surface area contributed by atoms with Crippen LogP contribution in [0.5, 0.6) is 0 Å². The van der Waals surface area contributed by atoms with Crippen LogP contribution in [-0.4, -0.2) is 40.4 Å². The Hall–Kier alpha value is -3.38. The van der Waals surface area contributed by atoms with Crippen molar-refractivity contribution in [2.75, 3.05) is 19.6 Å². The molecule has 1 aliphatic heterocycles. The Kier molecular flexibility index (Phi) is 5.30. The smallest absolute Gasteiger partial charge is 0.267 e. The van der Waals surface area contributed by atoms with Crippen LogP contribution in [0.1, 0.15) is 29.0 Å². The van der Waals surface area contributed by atoms with Crippen molar-refractivity contribution in [1.29, 1.82) is 0 Å². The Morgan fingerprint density at radius 3 is 2.71 bits per heavy atom. The van der Waals surface area contributed by atoms with E-state index < -0.39 is 0 Å². The number of pyridine rings is 1. The lowest BCUT2D eigenvalue weighted by Gasteiger charge is -2.32. The quantitative estimate of drug-likeness (QED) is 0.466. The van der Waals surface area contributed by atoms with Crippen molar-refractivity contribution in [3.8, 4) is 0 Å². The molecule has 0 saturated carbocycles. The minimum Gasteiger partial charge on any atom is -0.357 e. The van der Waals surface area contributed by atoms with Gasteiger partial charge in [-0.3, -0.25) is 14.5 Å². The number of carbonyl (C=O) groups excluding carboxylic acids is 1. The molecule has 1 unspecified atom stereocenters. The van der Waals surface area contributed by atoms with Gasteiger partial charge in [0.25, 0.3) is 5.91 Å². The second kappa shape index (κ2) is 8.40. The molecule has 1 atom stereocenters. The highest BCUT2D eigenvalue weighted by Crippen LogP contribution is 2.19. The van der Waals surface area contributed by atoms with Crippen LogP contribution in [0.25, 0.3) is 21.8 Å². The molecule has 1 aliphatic rings. The van der Waals surface area contributed by atoms with Crippen molar-refractivity contribution in [1.82, 2.24) is 20.2 Å². The molecule has 0 spiro atoms. The van der Waals surface area contributed by atoms with Crippen LogP contribution < -0.4 is 10.7 Å². The number of aromatic amines is 2. The Bertz CT molecular complexity index is 1260. The standard InChI is InChI=1S/C25H26N4O2/c30-24-13-19(27-22-10-4-2-8-20(22)24)16-29-11-5-6-17(15-29)14-26-25(31)23-12-18-7-1-3-9-21(18)28-23/h1-4,7-10,12-13,17,28H,5-6,11,14-16H2,(H,26,31)(H,27,30). The molecule has 6 nitrogen and oxygen atoms in total. The Labute approximate surface area is 180 Å². The van der Waals surface area contributed by atoms with Gasteiger partial charge in [-0.15, -0.1) is 0 Å². The van der Waals surface area contributed by atoms with Gasteiger partial charge < -0.3 is 15.3 Å². The number of amides is 1. The monoisotopic (exact) mass is 414 g/mol. The number of para-hydroxylation sites is 2. The molecule has 0 aliphatic carbocycles. The van der Waals surface area contributed by atoms with Gasteiger partial charge in [-0.2, -0.15) is 0 Å². The molecule has 158 valence electrons. The number of aromatic nitrogens is 2. The molecule has 1 saturated heterocycles. The van der Waals surface area contributed by atoms with E-state index in [0.29, 0.717) is 24.7 Å². The van der Waals surface area contributed by atoms with Crippen molar-refractivity contribution in [3.63, 3.8) is 0 Å². The molecule has 4 aromatic rings. The average molecular weight is 415 g/mol. The Balaban J connectivity index is 1.20. The van der Waals surface area contributed by atoms with Crippen LogP contribution in [0.2, 0.25) is 0 Å². The predicted molar refractivity (Wildman–Crippen MR) is 123 cm³/mol. The molecule has 2 aromatic carbocycles. The number of benzene rings is 2. The number of nitrogens with zero attached hydrogens (tertiary/aromatic N) is 1. The van der Waals surface area contributed by atoms with Crippen LogP contribution >= 0.6 is 0 Å². The van der Waals surface area contributed by atoms with Gasteiger partial charge in [-0.25, -0.2) is 0 Å². The second-order valence-corrected chi connectivity index (χ2v) is 8.43. The second-order valence-electron chi connectivity index (χ2n) is 8.43. The van der Waals surface area contributed by atoms with Gasteiger partial charge in [0, 0.05) is 53.2 Å². The summed E-state index contributed by atoms with van der Waals surface area (Å²) in [7, 11) is 0. The number of H-pyrrole nitrogens is 2. The lowest BCUT2D eigenvalue weighted by molar-refractivity contribution is 0.0926. The molecule has 1 fully saturated rings. The largest absolute Gasteiger partial charge is 0.357 e. The maximum absolute atomic E-state index is 12.6. The summed E-state index contributed by atoms with van der Waals surface area (Å²) in [6, 6.07) is 19.1. The van der Waals surface area contributed by atoms with Crippen LogP contribution in [0.3, 0.4) is 0 Å². The normalized spacial score (nSPS) is 17.2. The number of hydrogen-bond acceptors (Lipinski definition) is 3. The van der Waals surface area contributed by atoms with Crippen LogP contribution in [-0.2, 0) is 6.54 Å². The fourth-order valence-corrected chi connectivity index (χ4v) is 4.57. The van der Waals surface area contributed by atoms with E-state index in [2.05, 4.69) is 20.2 Å². The third-order valence-corrected chi connectivity index (χ3v) is 6.12. The molecule has 0 radical (unpaired) electrons. The van der Waals surface area contributed by atoms with Crippen molar-refractivity contribution in [3.05, 3.63) is 82.3 Å². The van der Waals surface area contributed by atoms with E-state index in [4.69, 9.17) is 0 Å². The highest BCUT2D eigenvalue weighted by Gasteiger charge is 2.21. The lowest BCUT2D eigenvalue weighted by atomic mass is 9.97. The van der Waals surface area contributed by atoms with Gasteiger partial charge >= 0.3 is 0 Å². The van der Waals surface area contributed by atoms with Crippen LogP contribution in [0.15, 0.2) is 65.5 Å². The first kappa shape index (κ1) is 19.6. The number of hydrogen-bond donors (Lipinski definition) is 3.